The van der Waals surface area contributed by atoms with Crippen LogP contribution in [0.2, 0.25) is 0 Å². The van der Waals surface area contributed by atoms with Crippen LogP contribution in [0.3, 0.4) is 0 Å². The summed E-state index contributed by atoms with van der Waals surface area (Å²) >= 11 is 4.48. The summed E-state index contributed by atoms with van der Waals surface area (Å²) in [5, 5.41) is 2.18. The standard InChI is InChI=1S/C13H11NOS/c15-13(14-7-16)12-10-6-5-8-3-1-2-4-9(8)11(10)12/h1-4,10-12H,5-6H2. The summed E-state index contributed by atoms with van der Waals surface area (Å²) in [6, 6.07) is 8.41. The van der Waals surface area contributed by atoms with Gasteiger partial charge < -0.3 is 0 Å². The average Bonchev–Trinajstić information content (AvgIpc) is 3.04. The molecule has 1 amide bonds. The fraction of sp³-hybridized carbons (Fsp3) is 0.385. The zero-order chi connectivity index (χ0) is 11.1. The van der Waals surface area contributed by atoms with Crippen LogP contribution in [0.4, 0.5) is 0 Å². The third-order valence-corrected chi connectivity index (χ3v) is 3.86. The Morgan fingerprint density at radius 2 is 2.25 bits per heavy atom. The second kappa shape index (κ2) is 3.62. The van der Waals surface area contributed by atoms with Gasteiger partial charge in [-0.3, -0.25) is 4.79 Å². The number of carbonyl (C=O) groups excluding carboxylic acids is 1. The summed E-state index contributed by atoms with van der Waals surface area (Å²) in [5.74, 6) is 0.875. The Bertz CT molecular complexity index is 504. The van der Waals surface area contributed by atoms with E-state index in [1.54, 1.807) is 0 Å². The van der Waals surface area contributed by atoms with Crippen LogP contribution in [0.5, 0.6) is 0 Å². The third-order valence-electron chi connectivity index (χ3n) is 3.77. The minimum Gasteiger partial charge on any atom is -0.272 e. The molecule has 1 fully saturated rings. The van der Waals surface area contributed by atoms with E-state index in [1.165, 1.54) is 11.1 Å². The molecule has 0 saturated heterocycles. The molecule has 3 rings (SSSR count). The number of carbonyl (C=O) groups is 1. The Hall–Kier alpha value is -1.31. The molecule has 1 aromatic carbocycles. The molecular weight excluding hydrogens is 218 g/mol. The van der Waals surface area contributed by atoms with Crippen LogP contribution in [-0.4, -0.2) is 11.1 Å². The number of amides is 1. The highest BCUT2D eigenvalue weighted by molar-refractivity contribution is 7.78. The van der Waals surface area contributed by atoms with E-state index in [4.69, 9.17) is 0 Å². The molecule has 16 heavy (non-hydrogen) atoms. The van der Waals surface area contributed by atoms with Crippen molar-refractivity contribution in [2.24, 2.45) is 16.8 Å². The van der Waals surface area contributed by atoms with Crippen LogP contribution < -0.4 is 0 Å². The summed E-state index contributed by atoms with van der Waals surface area (Å²) in [6.45, 7) is 0. The van der Waals surface area contributed by atoms with Gasteiger partial charge in [0.05, 0.1) is 11.1 Å². The van der Waals surface area contributed by atoms with Crippen molar-refractivity contribution in [3.8, 4) is 0 Å². The smallest absolute Gasteiger partial charge is 0.258 e. The van der Waals surface area contributed by atoms with Gasteiger partial charge >= 0.3 is 0 Å². The van der Waals surface area contributed by atoms with Crippen LogP contribution in [0.15, 0.2) is 29.3 Å². The first-order chi connectivity index (χ1) is 7.83. The number of nitrogens with zero attached hydrogens (tertiary/aromatic N) is 1. The summed E-state index contributed by atoms with van der Waals surface area (Å²) in [6.07, 6.45) is 2.19. The summed E-state index contributed by atoms with van der Waals surface area (Å²) in [7, 11) is 0. The van der Waals surface area contributed by atoms with Crippen LogP contribution in [0, 0.1) is 11.8 Å². The topological polar surface area (TPSA) is 29.4 Å². The molecule has 2 nitrogen and oxygen atoms in total. The van der Waals surface area contributed by atoms with Crippen molar-refractivity contribution in [1.82, 2.24) is 0 Å². The van der Waals surface area contributed by atoms with E-state index in [9.17, 15) is 4.79 Å². The number of hydrogen-bond donors (Lipinski definition) is 0. The number of benzene rings is 1. The van der Waals surface area contributed by atoms with Crippen LogP contribution in [0.1, 0.15) is 23.5 Å². The lowest BCUT2D eigenvalue weighted by Gasteiger charge is -2.13. The van der Waals surface area contributed by atoms with Crippen LogP contribution in [0.25, 0.3) is 0 Å². The molecule has 2 aliphatic rings. The molecule has 3 atom stereocenters. The Kier molecular flexibility index (Phi) is 2.23. The predicted molar refractivity (Wildman–Crippen MR) is 64.5 cm³/mol. The number of hydrogen-bond acceptors (Lipinski definition) is 2. The maximum Gasteiger partial charge on any atom is 0.258 e. The van der Waals surface area contributed by atoms with E-state index in [0.29, 0.717) is 11.8 Å². The monoisotopic (exact) mass is 229 g/mol. The van der Waals surface area contributed by atoms with Gasteiger partial charge in [-0.05, 0) is 48.0 Å². The van der Waals surface area contributed by atoms with Crippen LogP contribution >= 0.6 is 12.2 Å². The highest BCUT2D eigenvalue weighted by Crippen LogP contribution is 2.60. The molecule has 3 heteroatoms. The summed E-state index contributed by atoms with van der Waals surface area (Å²) in [4.78, 5) is 15.3. The van der Waals surface area contributed by atoms with Gasteiger partial charge in [-0.2, -0.15) is 4.99 Å². The SMILES string of the molecule is O=C(N=C=S)C1C2CCc3ccccc3C21. The van der Waals surface area contributed by atoms with Crippen molar-refractivity contribution in [2.45, 2.75) is 18.8 Å². The lowest BCUT2D eigenvalue weighted by atomic mass is 9.92. The highest BCUT2D eigenvalue weighted by Gasteiger charge is 2.56. The second-order valence-electron chi connectivity index (χ2n) is 4.49. The maximum absolute atomic E-state index is 11.7. The quantitative estimate of drug-likeness (QED) is 0.547. The number of isothiocyanates is 1. The fourth-order valence-corrected chi connectivity index (χ4v) is 3.11. The Morgan fingerprint density at radius 1 is 1.44 bits per heavy atom. The first-order valence-electron chi connectivity index (χ1n) is 5.52. The molecule has 0 bridgehead atoms. The van der Waals surface area contributed by atoms with E-state index in [0.717, 1.165) is 12.8 Å². The first-order valence-corrected chi connectivity index (χ1v) is 5.93. The van der Waals surface area contributed by atoms with Gasteiger partial charge in [-0.1, -0.05) is 24.3 Å². The molecule has 2 aliphatic carbocycles. The van der Waals surface area contributed by atoms with Gasteiger partial charge in [-0.15, -0.1) is 0 Å². The zero-order valence-corrected chi connectivity index (χ0v) is 9.54. The number of rotatable bonds is 1. The van der Waals surface area contributed by atoms with Crippen molar-refractivity contribution in [2.75, 3.05) is 0 Å². The molecule has 3 unspecified atom stereocenters. The van der Waals surface area contributed by atoms with Gasteiger partial charge in [0.1, 0.15) is 0 Å². The van der Waals surface area contributed by atoms with E-state index in [-0.39, 0.29) is 11.8 Å². The molecular formula is C13H11NOS. The Balaban J connectivity index is 1.93. The minimum absolute atomic E-state index is 0.0686. The van der Waals surface area contributed by atoms with Gasteiger partial charge in [0.15, 0.2) is 0 Å². The first kappa shape index (κ1) is 9.88. The van der Waals surface area contributed by atoms with Crippen molar-refractivity contribution in [3.05, 3.63) is 35.4 Å². The lowest BCUT2D eigenvalue weighted by molar-refractivity contribution is -0.119. The van der Waals surface area contributed by atoms with Crippen molar-refractivity contribution in [1.29, 1.82) is 0 Å². The minimum atomic E-state index is -0.0818. The van der Waals surface area contributed by atoms with E-state index in [2.05, 4.69) is 40.6 Å². The van der Waals surface area contributed by atoms with Crippen LogP contribution in [-0.2, 0) is 11.2 Å². The van der Waals surface area contributed by atoms with Gasteiger partial charge in [0, 0.05) is 0 Å². The molecule has 0 aliphatic heterocycles. The third kappa shape index (κ3) is 1.36. The molecule has 0 heterocycles. The second-order valence-corrected chi connectivity index (χ2v) is 4.68. The largest absolute Gasteiger partial charge is 0.272 e. The molecule has 0 spiro atoms. The molecule has 1 saturated carbocycles. The summed E-state index contributed by atoms with van der Waals surface area (Å²) in [5.41, 5.74) is 2.74. The van der Waals surface area contributed by atoms with Gasteiger partial charge in [0.2, 0.25) is 0 Å². The average molecular weight is 229 g/mol. The molecule has 0 radical (unpaired) electrons. The van der Waals surface area contributed by atoms with Crippen molar-refractivity contribution >= 4 is 23.3 Å². The molecule has 1 aromatic rings. The highest BCUT2D eigenvalue weighted by atomic mass is 32.1. The number of aryl methyl sites for hydroxylation is 1. The molecule has 0 aromatic heterocycles. The normalized spacial score (nSPS) is 29.6. The van der Waals surface area contributed by atoms with Gasteiger partial charge in [-0.25, -0.2) is 0 Å². The maximum atomic E-state index is 11.7. The lowest BCUT2D eigenvalue weighted by Crippen LogP contribution is -2.00. The van der Waals surface area contributed by atoms with E-state index >= 15 is 0 Å². The molecule has 0 N–H and O–H groups in total. The van der Waals surface area contributed by atoms with E-state index < -0.39 is 0 Å². The predicted octanol–water partition coefficient (Wildman–Crippen LogP) is 2.59. The zero-order valence-electron chi connectivity index (χ0n) is 8.72. The van der Waals surface area contributed by atoms with Gasteiger partial charge in [0.25, 0.3) is 5.91 Å². The van der Waals surface area contributed by atoms with E-state index in [1.807, 2.05) is 6.07 Å². The number of thiocarbonyl (C=S) groups is 1. The number of aliphatic imine (C=N–C) groups is 1. The molecule has 80 valence electrons. The fourth-order valence-electron chi connectivity index (χ4n) is 3.02. The van der Waals surface area contributed by atoms with Crippen molar-refractivity contribution in [3.63, 3.8) is 0 Å². The Labute approximate surface area is 99.4 Å². The number of fused-ring (bicyclic) bond motifs is 3. The Morgan fingerprint density at radius 3 is 3.06 bits per heavy atom. The van der Waals surface area contributed by atoms with Crippen molar-refractivity contribution < 1.29 is 4.79 Å². The summed E-state index contributed by atoms with van der Waals surface area (Å²) < 4.78 is 0.